The van der Waals surface area contributed by atoms with Crippen LogP contribution >= 0.6 is 0 Å². The number of hydrogen-bond donors (Lipinski definition) is 1. The number of ether oxygens (including phenoxy) is 3. The molecule has 0 atom stereocenters. The zero-order valence-corrected chi connectivity index (χ0v) is 11.2. The van der Waals surface area contributed by atoms with Gasteiger partial charge in [0.05, 0.1) is 18.4 Å². The predicted octanol–water partition coefficient (Wildman–Crippen LogP) is 2.00. The number of benzene rings is 1. The van der Waals surface area contributed by atoms with Crippen LogP contribution in [0.5, 0.6) is 5.75 Å². The van der Waals surface area contributed by atoms with Gasteiger partial charge in [0.2, 0.25) is 0 Å². The average molecular weight is 271 g/mol. The Hall–Kier alpha value is -1.82. The molecule has 2 N–H and O–H groups in total. The quantitative estimate of drug-likeness (QED) is 0.487. The van der Waals surface area contributed by atoms with Crippen molar-refractivity contribution >= 4 is 11.7 Å². The molecule has 19 heavy (non-hydrogen) atoms. The van der Waals surface area contributed by atoms with Gasteiger partial charge in [-0.2, -0.15) is 0 Å². The SMILES string of the molecule is COCCOc1ccc(F)c(C(=O)OC(C)C)c1N. The van der Waals surface area contributed by atoms with Crippen LogP contribution in [-0.4, -0.2) is 32.4 Å². The highest BCUT2D eigenvalue weighted by Gasteiger charge is 2.21. The van der Waals surface area contributed by atoms with Crippen molar-refractivity contribution in [3.63, 3.8) is 0 Å². The summed E-state index contributed by atoms with van der Waals surface area (Å²) in [5, 5.41) is 0. The van der Waals surface area contributed by atoms with Crippen LogP contribution in [0.1, 0.15) is 24.2 Å². The van der Waals surface area contributed by atoms with E-state index in [0.717, 1.165) is 6.07 Å². The zero-order valence-electron chi connectivity index (χ0n) is 11.2. The van der Waals surface area contributed by atoms with E-state index in [1.807, 2.05) is 0 Å². The highest BCUT2D eigenvalue weighted by Crippen LogP contribution is 2.28. The molecule has 0 fully saturated rings. The number of halogens is 1. The van der Waals surface area contributed by atoms with Crippen molar-refractivity contribution in [1.29, 1.82) is 0 Å². The first-order chi connectivity index (χ1) is 8.97. The number of hydrogen-bond acceptors (Lipinski definition) is 5. The maximum Gasteiger partial charge on any atom is 0.343 e. The Kier molecular flexibility index (Phi) is 5.57. The third-order valence-corrected chi connectivity index (χ3v) is 2.25. The lowest BCUT2D eigenvalue weighted by Gasteiger charge is -2.14. The van der Waals surface area contributed by atoms with Crippen molar-refractivity contribution < 1.29 is 23.4 Å². The van der Waals surface area contributed by atoms with Crippen LogP contribution in [0, 0.1) is 5.82 Å². The second kappa shape index (κ2) is 6.94. The number of esters is 1. The Labute approximate surface area is 111 Å². The molecule has 0 aliphatic rings. The smallest absolute Gasteiger partial charge is 0.343 e. The second-order valence-corrected chi connectivity index (χ2v) is 4.13. The highest BCUT2D eigenvalue weighted by atomic mass is 19.1. The maximum absolute atomic E-state index is 13.7. The first kappa shape index (κ1) is 15.2. The minimum atomic E-state index is -0.804. The van der Waals surface area contributed by atoms with Crippen molar-refractivity contribution in [2.45, 2.75) is 20.0 Å². The average Bonchev–Trinajstić information content (AvgIpc) is 2.31. The summed E-state index contributed by atoms with van der Waals surface area (Å²) in [5.74, 6) is -1.31. The van der Waals surface area contributed by atoms with Gasteiger partial charge < -0.3 is 19.9 Å². The van der Waals surface area contributed by atoms with Crippen LogP contribution in [0.2, 0.25) is 0 Å². The summed E-state index contributed by atoms with van der Waals surface area (Å²) in [6.07, 6.45) is -0.357. The van der Waals surface area contributed by atoms with Gasteiger partial charge in [0.1, 0.15) is 23.7 Å². The lowest BCUT2D eigenvalue weighted by Crippen LogP contribution is -2.16. The normalized spacial score (nSPS) is 10.6. The lowest BCUT2D eigenvalue weighted by atomic mass is 10.1. The van der Waals surface area contributed by atoms with E-state index in [-0.39, 0.29) is 29.7 Å². The van der Waals surface area contributed by atoms with Gasteiger partial charge in [0.25, 0.3) is 0 Å². The third kappa shape index (κ3) is 4.10. The van der Waals surface area contributed by atoms with Gasteiger partial charge >= 0.3 is 5.97 Å². The summed E-state index contributed by atoms with van der Waals surface area (Å²) in [6, 6.07) is 2.49. The Morgan fingerprint density at radius 2 is 2.05 bits per heavy atom. The van der Waals surface area contributed by atoms with Crippen LogP contribution in [0.3, 0.4) is 0 Å². The maximum atomic E-state index is 13.7. The van der Waals surface area contributed by atoms with E-state index in [1.54, 1.807) is 13.8 Å². The van der Waals surface area contributed by atoms with E-state index in [1.165, 1.54) is 13.2 Å². The largest absolute Gasteiger partial charge is 0.489 e. The fourth-order valence-electron chi connectivity index (χ4n) is 1.42. The van der Waals surface area contributed by atoms with Gasteiger partial charge in [0, 0.05) is 7.11 Å². The molecular weight excluding hydrogens is 253 g/mol. The summed E-state index contributed by atoms with van der Waals surface area (Å²) in [6.45, 7) is 3.96. The van der Waals surface area contributed by atoms with Gasteiger partial charge in [-0.1, -0.05) is 0 Å². The molecule has 0 spiro atoms. The van der Waals surface area contributed by atoms with Crippen molar-refractivity contribution in [3.8, 4) is 5.75 Å². The summed E-state index contributed by atoms with van der Waals surface area (Å²) < 4.78 is 28.7. The molecule has 0 radical (unpaired) electrons. The zero-order chi connectivity index (χ0) is 14.4. The number of nitrogens with two attached hydrogens (primary N) is 1. The molecule has 0 heterocycles. The van der Waals surface area contributed by atoms with Crippen molar-refractivity contribution in [1.82, 2.24) is 0 Å². The first-order valence-corrected chi connectivity index (χ1v) is 5.88. The van der Waals surface area contributed by atoms with E-state index < -0.39 is 11.8 Å². The molecule has 0 saturated heterocycles. The molecule has 1 aromatic rings. The predicted molar refractivity (Wildman–Crippen MR) is 68.7 cm³/mol. The number of methoxy groups -OCH3 is 1. The Morgan fingerprint density at radius 1 is 1.37 bits per heavy atom. The number of carbonyl (C=O) groups is 1. The van der Waals surface area contributed by atoms with Gasteiger partial charge in [0.15, 0.2) is 0 Å². The Morgan fingerprint density at radius 3 is 2.63 bits per heavy atom. The molecule has 1 aromatic carbocycles. The topological polar surface area (TPSA) is 70.8 Å². The Balaban J connectivity index is 2.96. The molecule has 0 bridgehead atoms. The number of carbonyl (C=O) groups excluding carboxylic acids is 1. The molecule has 1 rings (SSSR count). The van der Waals surface area contributed by atoms with Gasteiger partial charge in [-0.05, 0) is 26.0 Å². The molecule has 0 amide bonds. The third-order valence-electron chi connectivity index (χ3n) is 2.25. The highest BCUT2D eigenvalue weighted by molar-refractivity contribution is 5.97. The second-order valence-electron chi connectivity index (χ2n) is 4.13. The number of rotatable bonds is 6. The molecular formula is C13H18FNO4. The first-order valence-electron chi connectivity index (χ1n) is 5.88. The van der Waals surface area contributed by atoms with E-state index in [2.05, 4.69) is 0 Å². The van der Waals surface area contributed by atoms with E-state index in [0.29, 0.717) is 6.61 Å². The van der Waals surface area contributed by atoms with Gasteiger partial charge in [-0.25, -0.2) is 9.18 Å². The molecule has 6 heteroatoms. The number of nitrogen functional groups attached to an aromatic ring is 1. The fraction of sp³-hybridized carbons (Fsp3) is 0.462. The minimum absolute atomic E-state index is 0.0678. The summed E-state index contributed by atoms with van der Waals surface area (Å²) in [4.78, 5) is 11.8. The Bertz CT molecular complexity index is 449. The van der Waals surface area contributed by atoms with Gasteiger partial charge in [-0.3, -0.25) is 0 Å². The van der Waals surface area contributed by atoms with Crippen molar-refractivity contribution in [3.05, 3.63) is 23.5 Å². The monoisotopic (exact) mass is 271 g/mol. The number of anilines is 1. The molecule has 5 nitrogen and oxygen atoms in total. The molecule has 106 valence electrons. The standard InChI is InChI=1S/C13H18FNO4/c1-8(2)19-13(16)11-9(14)4-5-10(12(11)15)18-7-6-17-3/h4-5,8H,6-7,15H2,1-3H3. The molecule has 0 unspecified atom stereocenters. The lowest BCUT2D eigenvalue weighted by molar-refractivity contribution is 0.0373. The fourth-order valence-corrected chi connectivity index (χ4v) is 1.42. The molecule has 0 aliphatic carbocycles. The van der Waals surface area contributed by atoms with Crippen molar-refractivity contribution in [2.24, 2.45) is 0 Å². The van der Waals surface area contributed by atoms with Crippen LogP contribution in [0.25, 0.3) is 0 Å². The molecule has 0 aromatic heterocycles. The van der Waals surface area contributed by atoms with Crippen molar-refractivity contribution in [2.75, 3.05) is 26.1 Å². The summed E-state index contributed by atoms with van der Waals surface area (Å²) in [5.41, 5.74) is 5.37. The van der Waals surface area contributed by atoms with Crippen LogP contribution < -0.4 is 10.5 Å². The van der Waals surface area contributed by atoms with Crippen LogP contribution in [0.4, 0.5) is 10.1 Å². The summed E-state index contributed by atoms with van der Waals surface area (Å²) >= 11 is 0. The van der Waals surface area contributed by atoms with Crippen LogP contribution in [0.15, 0.2) is 12.1 Å². The molecule has 0 saturated carbocycles. The summed E-state index contributed by atoms with van der Waals surface area (Å²) in [7, 11) is 1.53. The van der Waals surface area contributed by atoms with Gasteiger partial charge in [-0.15, -0.1) is 0 Å². The molecule has 0 aliphatic heterocycles. The van der Waals surface area contributed by atoms with E-state index in [4.69, 9.17) is 19.9 Å². The van der Waals surface area contributed by atoms with E-state index in [9.17, 15) is 9.18 Å². The van der Waals surface area contributed by atoms with Crippen LogP contribution in [-0.2, 0) is 9.47 Å². The van der Waals surface area contributed by atoms with E-state index >= 15 is 0 Å². The minimum Gasteiger partial charge on any atom is -0.489 e.